The van der Waals surface area contributed by atoms with Gasteiger partial charge in [0.05, 0.1) is 10.0 Å². The van der Waals surface area contributed by atoms with Gasteiger partial charge in [-0.15, -0.1) is 0 Å². The molecular weight excluding hydrogens is 313 g/mol. The molecule has 1 atom stereocenters. The fourth-order valence-electron chi connectivity index (χ4n) is 1.83. The lowest BCUT2D eigenvalue weighted by molar-refractivity contribution is -0.137. The van der Waals surface area contributed by atoms with Gasteiger partial charge in [0, 0.05) is 13.0 Å². The summed E-state index contributed by atoms with van der Waals surface area (Å²) in [7, 11) is 0. The van der Waals surface area contributed by atoms with Crippen LogP contribution in [0.1, 0.15) is 26.2 Å². The van der Waals surface area contributed by atoms with Crippen molar-refractivity contribution in [2.24, 2.45) is 5.92 Å². The summed E-state index contributed by atoms with van der Waals surface area (Å²) in [6.45, 7) is 4.06. The van der Waals surface area contributed by atoms with Crippen LogP contribution in [0.15, 0.2) is 18.2 Å². The molecule has 118 valence electrons. The molecule has 0 aromatic heterocycles. The third-order valence-corrected chi connectivity index (χ3v) is 3.70. The molecular formula is C15H21Cl2NO3. The van der Waals surface area contributed by atoms with Gasteiger partial charge in [0.25, 0.3) is 0 Å². The van der Waals surface area contributed by atoms with Crippen molar-refractivity contribution in [2.45, 2.75) is 26.2 Å². The number of carboxylic acids is 1. The van der Waals surface area contributed by atoms with Crippen LogP contribution in [0.25, 0.3) is 0 Å². The molecule has 0 saturated heterocycles. The fraction of sp³-hybridized carbons (Fsp3) is 0.533. The van der Waals surface area contributed by atoms with E-state index in [1.807, 2.05) is 0 Å². The molecule has 2 N–H and O–H groups in total. The van der Waals surface area contributed by atoms with E-state index in [2.05, 4.69) is 12.2 Å². The lowest BCUT2D eigenvalue weighted by Crippen LogP contribution is -2.23. The van der Waals surface area contributed by atoms with E-state index in [4.69, 9.17) is 33.0 Å². The molecule has 1 rings (SSSR count). The minimum absolute atomic E-state index is 0.231. The Hall–Kier alpha value is -0.970. The van der Waals surface area contributed by atoms with E-state index in [0.29, 0.717) is 41.3 Å². The van der Waals surface area contributed by atoms with E-state index in [0.717, 1.165) is 13.0 Å². The summed E-state index contributed by atoms with van der Waals surface area (Å²) in [6.07, 6.45) is 1.89. The number of carbonyl (C=O) groups is 1. The third kappa shape index (κ3) is 7.55. The van der Waals surface area contributed by atoms with Crippen molar-refractivity contribution in [3.8, 4) is 5.75 Å². The zero-order valence-corrected chi connectivity index (χ0v) is 13.6. The third-order valence-electron chi connectivity index (χ3n) is 3.11. The summed E-state index contributed by atoms with van der Waals surface area (Å²) in [6, 6.07) is 5.24. The van der Waals surface area contributed by atoms with Crippen LogP contribution in [0.4, 0.5) is 0 Å². The second-order valence-corrected chi connectivity index (χ2v) is 5.79. The van der Waals surface area contributed by atoms with Crippen LogP contribution in [0.2, 0.25) is 10.0 Å². The zero-order chi connectivity index (χ0) is 15.7. The van der Waals surface area contributed by atoms with Crippen molar-refractivity contribution in [3.05, 3.63) is 28.2 Å². The second-order valence-electron chi connectivity index (χ2n) is 4.98. The van der Waals surface area contributed by atoms with Crippen molar-refractivity contribution >= 4 is 29.2 Å². The second kappa shape index (κ2) is 9.87. The van der Waals surface area contributed by atoms with E-state index in [1.54, 1.807) is 18.2 Å². The van der Waals surface area contributed by atoms with Crippen LogP contribution in [-0.2, 0) is 4.79 Å². The van der Waals surface area contributed by atoms with Gasteiger partial charge in [-0.3, -0.25) is 4.79 Å². The number of hydrogen-bond donors (Lipinski definition) is 2. The van der Waals surface area contributed by atoms with Gasteiger partial charge < -0.3 is 15.2 Å². The number of benzene rings is 1. The lowest BCUT2D eigenvalue weighted by atomic mass is 10.0. The highest BCUT2D eigenvalue weighted by molar-refractivity contribution is 6.37. The highest BCUT2D eigenvalue weighted by Crippen LogP contribution is 2.32. The first-order chi connectivity index (χ1) is 10.0. The van der Waals surface area contributed by atoms with Crippen molar-refractivity contribution in [2.75, 3.05) is 19.7 Å². The zero-order valence-electron chi connectivity index (χ0n) is 12.1. The van der Waals surface area contributed by atoms with E-state index < -0.39 is 5.97 Å². The number of rotatable bonds is 10. The fourth-order valence-corrected chi connectivity index (χ4v) is 2.34. The largest absolute Gasteiger partial charge is 0.489 e. The predicted molar refractivity (Wildman–Crippen MR) is 85.5 cm³/mol. The van der Waals surface area contributed by atoms with E-state index in [1.165, 1.54) is 0 Å². The van der Waals surface area contributed by atoms with Crippen LogP contribution in [-0.4, -0.2) is 30.8 Å². The quantitative estimate of drug-likeness (QED) is 0.638. The van der Waals surface area contributed by atoms with Gasteiger partial charge in [0.15, 0.2) is 5.75 Å². The Morgan fingerprint density at radius 2 is 1.95 bits per heavy atom. The van der Waals surface area contributed by atoms with Crippen molar-refractivity contribution < 1.29 is 14.6 Å². The van der Waals surface area contributed by atoms with Crippen molar-refractivity contribution in [3.63, 3.8) is 0 Å². The summed E-state index contributed by atoms with van der Waals surface area (Å²) in [5.74, 6) is 0.171. The van der Waals surface area contributed by atoms with Gasteiger partial charge in [-0.2, -0.15) is 0 Å². The van der Waals surface area contributed by atoms with Crippen molar-refractivity contribution in [1.29, 1.82) is 0 Å². The monoisotopic (exact) mass is 333 g/mol. The molecule has 0 aliphatic heterocycles. The van der Waals surface area contributed by atoms with Crippen molar-refractivity contribution in [1.82, 2.24) is 5.32 Å². The first kappa shape index (κ1) is 18.1. The molecule has 1 aromatic carbocycles. The Balaban J connectivity index is 2.11. The lowest BCUT2D eigenvalue weighted by Gasteiger charge is -2.12. The molecule has 21 heavy (non-hydrogen) atoms. The number of ether oxygens (including phenoxy) is 1. The Bertz CT molecular complexity index is 434. The summed E-state index contributed by atoms with van der Waals surface area (Å²) in [4.78, 5) is 10.5. The maximum atomic E-state index is 10.5. The normalized spacial score (nSPS) is 12.1. The van der Waals surface area contributed by atoms with Crippen LogP contribution >= 0.6 is 23.2 Å². The summed E-state index contributed by atoms with van der Waals surface area (Å²) >= 11 is 12.0. The minimum Gasteiger partial charge on any atom is -0.489 e. The van der Waals surface area contributed by atoms with Crippen LogP contribution in [0.5, 0.6) is 5.75 Å². The average molecular weight is 334 g/mol. The van der Waals surface area contributed by atoms with Gasteiger partial charge in [0.2, 0.25) is 0 Å². The van der Waals surface area contributed by atoms with E-state index >= 15 is 0 Å². The smallest absolute Gasteiger partial charge is 0.303 e. The number of hydrogen-bond acceptors (Lipinski definition) is 3. The first-order valence-corrected chi connectivity index (χ1v) is 7.75. The molecule has 0 saturated carbocycles. The standard InChI is InChI=1S/C15H21Cl2NO3/c1-11(5-6-14(19)20)7-8-18-9-10-21-15-12(16)3-2-4-13(15)17/h2-4,11,18H,5-10H2,1H3,(H,19,20). The van der Waals surface area contributed by atoms with Gasteiger partial charge in [-0.25, -0.2) is 0 Å². The highest BCUT2D eigenvalue weighted by atomic mass is 35.5. The summed E-state index contributed by atoms with van der Waals surface area (Å²) in [5, 5.41) is 12.9. The molecule has 1 unspecified atom stereocenters. The molecule has 0 heterocycles. The molecule has 0 aliphatic rings. The number of aliphatic carboxylic acids is 1. The minimum atomic E-state index is -0.736. The van der Waals surface area contributed by atoms with Gasteiger partial charge in [-0.05, 0) is 37.4 Å². The van der Waals surface area contributed by atoms with Gasteiger partial charge in [0.1, 0.15) is 6.61 Å². The predicted octanol–water partition coefficient (Wildman–Crippen LogP) is 3.85. The Kier molecular flexibility index (Phi) is 8.50. The topological polar surface area (TPSA) is 58.6 Å². The molecule has 0 fully saturated rings. The molecule has 0 amide bonds. The molecule has 0 aliphatic carbocycles. The molecule has 0 bridgehead atoms. The van der Waals surface area contributed by atoms with Gasteiger partial charge >= 0.3 is 5.97 Å². The average Bonchev–Trinajstić information content (AvgIpc) is 2.43. The molecule has 1 aromatic rings. The van der Waals surface area contributed by atoms with E-state index in [9.17, 15) is 4.79 Å². The number of para-hydroxylation sites is 1. The number of carboxylic acid groups (broad SMARTS) is 1. The molecule has 0 radical (unpaired) electrons. The first-order valence-electron chi connectivity index (χ1n) is 7.00. The van der Waals surface area contributed by atoms with Crippen LogP contribution in [0, 0.1) is 5.92 Å². The Labute approximate surface area is 135 Å². The molecule has 6 heteroatoms. The Morgan fingerprint density at radius 3 is 2.57 bits per heavy atom. The van der Waals surface area contributed by atoms with Crippen LogP contribution in [0.3, 0.4) is 0 Å². The van der Waals surface area contributed by atoms with Crippen LogP contribution < -0.4 is 10.1 Å². The highest BCUT2D eigenvalue weighted by Gasteiger charge is 2.07. The van der Waals surface area contributed by atoms with E-state index in [-0.39, 0.29) is 6.42 Å². The Morgan fingerprint density at radius 1 is 1.29 bits per heavy atom. The van der Waals surface area contributed by atoms with Gasteiger partial charge in [-0.1, -0.05) is 36.2 Å². The maximum Gasteiger partial charge on any atom is 0.303 e. The number of nitrogens with one attached hydrogen (secondary N) is 1. The summed E-state index contributed by atoms with van der Waals surface area (Å²) in [5.41, 5.74) is 0. The molecule has 4 nitrogen and oxygen atoms in total. The summed E-state index contributed by atoms with van der Waals surface area (Å²) < 4.78 is 5.55. The SMILES string of the molecule is CC(CCNCCOc1c(Cl)cccc1Cl)CCC(=O)O. The molecule has 0 spiro atoms. The number of halogens is 2. The maximum absolute atomic E-state index is 10.5.